The van der Waals surface area contributed by atoms with Crippen molar-refractivity contribution in [1.82, 2.24) is 16.0 Å². The number of nitrogens with two attached hydrogens (primary N) is 1. The van der Waals surface area contributed by atoms with Crippen LogP contribution >= 0.6 is 0 Å². The number of primary amides is 1. The van der Waals surface area contributed by atoms with Crippen LogP contribution < -0.4 is 27.0 Å². The first kappa shape index (κ1) is 29.9. The third-order valence-electron chi connectivity index (χ3n) is 5.14. The van der Waals surface area contributed by atoms with E-state index < -0.39 is 18.1 Å². The Morgan fingerprint density at radius 2 is 1.57 bits per heavy atom. The summed E-state index contributed by atoms with van der Waals surface area (Å²) in [5.41, 5.74) is 6.44. The Labute approximate surface area is 208 Å². The highest BCUT2D eigenvalue weighted by molar-refractivity contribution is 5.97. The highest BCUT2D eigenvalue weighted by atomic mass is 16.5. The highest BCUT2D eigenvalue weighted by Gasteiger charge is 2.27. The van der Waals surface area contributed by atoms with Crippen LogP contribution in [0, 0.1) is 11.8 Å². The molecule has 0 aliphatic heterocycles. The molecule has 10 heteroatoms. The first-order valence-electron chi connectivity index (χ1n) is 12.1. The van der Waals surface area contributed by atoms with E-state index in [0.29, 0.717) is 18.5 Å². The van der Waals surface area contributed by atoms with Crippen LogP contribution in [0.3, 0.4) is 0 Å². The molecule has 0 unspecified atom stereocenters. The SMILES string of the molecule is CC(C)N[C@H](C(=O)N[C@@H](CCCNC(N)=O)C(=O)Nc1ccc(COC(=O)C(C)C)cc1)C(C)C. The molecule has 10 nitrogen and oxygen atoms in total. The second-order valence-electron chi connectivity index (χ2n) is 9.49. The normalized spacial score (nSPS) is 12.8. The maximum atomic E-state index is 13.0. The number of esters is 1. The lowest BCUT2D eigenvalue weighted by Gasteiger charge is -2.27. The molecule has 0 fully saturated rings. The molecule has 0 saturated heterocycles. The molecular weight excluding hydrogens is 450 g/mol. The highest BCUT2D eigenvalue weighted by Crippen LogP contribution is 2.13. The van der Waals surface area contributed by atoms with E-state index in [2.05, 4.69) is 21.3 Å². The number of rotatable bonds is 14. The Hall–Kier alpha value is -3.14. The summed E-state index contributed by atoms with van der Waals surface area (Å²) in [5.74, 6) is -1.10. The number of anilines is 1. The molecule has 0 spiro atoms. The van der Waals surface area contributed by atoms with Gasteiger partial charge in [-0.3, -0.25) is 14.4 Å². The van der Waals surface area contributed by atoms with Crippen LogP contribution in [0.5, 0.6) is 0 Å². The molecule has 0 bridgehead atoms. The molecule has 0 aromatic heterocycles. The molecule has 1 rings (SSSR count). The zero-order valence-electron chi connectivity index (χ0n) is 21.6. The van der Waals surface area contributed by atoms with Crippen molar-refractivity contribution in [2.45, 2.75) is 79.1 Å². The molecular formula is C25H41N5O5. The summed E-state index contributed by atoms with van der Waals surface area (Å²) in [7, 11) is 0. The molecule has 0 aliphatic rings. The van der Waals surface area contributed by atoms with Crippen molar-refractivity contribution in [3.05, 3.63) is 29.8 Å². The third-order valence-corrected chi connectivity index (χ3v) is 5.14. The Morgan fingerprint density at radius 3 is 2.09 bits per heavy atom. The van der Waals surface area contributed by atoms with Gasteiger partial charge in [-0.15, -0.1) is 0 Å². The minimum atomic E-state index is -0.806. The quantitative estimate of drug-likeness (QED) is 0.199. The topological polar surface area (TPSA) is 152 Å². The summed E-state index contributed by atoms with van der Waals surface area (Å²) in [5, 5.41) is 11.4. The number of amides is 4. The third kappa shape index (κ3) is 11.7. The van der Waals surface area contributed by atoms with Crippen molar-refractivity contribution < 1.29 is 23.9 Å². The minimum Gasteiger partial charge on any atom is -0.461 e. The fourth-order valence-corrected chi connectivity index (χ4v) is 3.21. The van der Waals surface area contributed by atoms with Gasteiger partial charge in [0.05, 0.1) is 12.0 Å². The zero-order chi connectivity index (χ0) is 26.5. The minimum absolute atomic E-state index is 0.0231. The van der Waals surface area contributed by atoms with Gasteiger partial charge >= 0.3 is 12.0 Å². The molecule has 4 amide bonds. The first-order valence-corrected chi connectivity index (χ1v) is 12.1. The van der Waals surface area contributed by atoms with Gasteiger partial charge in [0.1, 0.15) is 12.6 Å². The van der Waals surface area contributed by atoms with Gasteiger partial charge in [0.25, 0.3) is 0 Å². The predicted octanol–water partition coefficient (Wildman–Crippen LogP) is 2.28. The predicted molar refractivity (Wildman–Crippen MR) is 135 cm³/mol. The van der Waals surface area contributed by atoms with Gasteiger partial charge in [-0.1, -0.05) is 53.7 Å². The van der Waals surface area contributed by atoms with Gasteiger partial charge in [-0.2, -0.15) is 0 Å². The van der Waals surface area contributed by atoms with Gasteiger partial charge < -0.3 is 31.7 Å². The summed E-state index contributed by atoms with van der Waals surface area (Å²) in [6.07, 6.45) is 0.763. The van der Waals surface area contributed by atoms with Gasteiger partial charge in [0.2, 0.25) is 11.8 Å². The first-order chi connectivity index (χ1) is 16.4. The van der Waals surface area contributed by atoms with Crippen LogP contribution in [0.25, 0.3) is 0 Å². The lowest BCUT2D eigenvalue weighted by atomic mass is 10.0. The van der Waals surface area contributed by atoms with Crippen LogP contribution in [0.15, 0.2) is 24.3 Å². The fraction of sp³-hybridized carbons (Fsp3) is 0.600. The summed E-state index contributed by atoms with van der Waals surface area (Å²) in [6.45, 7) is 11.8. The molecule has 35 heavy (non-hydrogen) atoms. The number of ether oxygens (including phenoxy) is 1. The van der Waals surface area contributed by atoms with Crippen LogP contribution in [-0.2, 0) is 25.7 Å². The van der Waals surface area contributed by atoms with Gasteiger partial charge in [0.15, 0.2) is 0 Å². The average molecular weight is 492 g/mol. The van der Waals surface area contributed by atoms with Crippen LogP contribution in [0.4, 0.5) is 10.5 Å². The van der Waals surface area contributed by atoms with E-state index in [1.165, 1.54) is 0 Å². The molecule has 196 valence electrons. The van der Waals surface area contributed by atoms with Crippen molar-refractivity contribution in [3.8, 4) is 0 Å². The van der Waals surface area contributed by atoms with Crippen molar-refractivity contribution in [2.75, 3.05) is 11.9 Å². The van der Waals surface area contributed by atoms with Gasteiger partial charge in [0, 0.05) is 18.3 Å². The van der Waals surface area contributed by atoms with E-state index in [1.54, 1.807) is 38.1 Å². The van der Waals surface area contributed by atoms with E-state index in [0.717, 1.165) is 5.56 Å². The lowest BCUT2D eigenvalue weighted by Crippen LogP contribution is -2.54. The van der Waals surface area contributed by atoms with Crippen molar-refractivity contribution in [1.29, 1.82) is 0 Å². The van der Waals surface area contributed by atoms with E-state index in [4.69, 9.17) is 10.5 Å². The van der Waals surface area contributed by atoms with Crippen LogP contribution in [-0.4, -0.2) is 48.5 Å². The second kappa shape index (κ2) is 15.0. The van der Waals surface area contributed by atoms with E-state index in [-0.39, 0.29) is 48.8 Å². The maximum absolute atomic E-state index is 13.0. The van der Waals surface area contributed by atoms with Gasteiger partial charge in [-0.25, -0.2) is 4.79 Å². The number of nitrogens with one attached hydrogen (secondary N) is 4. The zero-order valence-corrected chi connectivity index (χ0v) is 21.6. The molecule has 1 aromatic carbocycles. The van der Waals surface area contributed by atoms with Crippen molar-refractivity contribution in [3.63, 3.8) is 0 Å². The van der Waals surface area contributed by atoms with E-state index in [1.807, 2.05) is 27.7 Å². The molecule has 0 saturated carbocycles. The van der Waals surface area contributed by atoms with Crippen molar-refractivity contribution >= 4 is 29.5 Å². The lowest BCUT2D eigenvalue weighted by molar-refractivity contribution is -0.148. The molecule has 0 heterocycles. The largest absolute Gasteiger partial charge is 0.461 e. The van der Waals surface area contributed by atoms with E-state index in [9.17, 15) is 19.2 Å². The molecule has 0 aliphatic carbocycles. The molecule has 2 atom stereocenters. The summed E-state index contributed by atoms with van der Waals surface area (Å²) in [6, 6.07) is 5.13. The number of hydrogen-bond donors (Lipinski definition) is 5. The fourth-order valence-electron chi connectivity index (χ4n) is 3.21. The van der Waals surface area contributed by atoms with Gasteiger partial charge in [-0.05, 0) is 36.5 Å². The number of benzene rings is 1. The number of carbonyl (C=O) groups excluding carboxylic acids is 4. The Balaban J connectivity index is 2.85. The number of carbonyl (C=O) groups is 4. The smallest absolute Gasteiger partial charge is 0.312 e. The monoisotopic (exact) mass is 491 g/mol. The maximum Gasteiger partial charge on any atom is 0.312 e. The summed E-state index contributed by atoms with van der Waals surface area (Å²) in [4.78, 5) is 48.6. The summed E-state index contributed by atoms with van der Waals surface area (Å²) >= 11 is 0. The molecule has 0 radical (unpaired) electrons. The van der Waals surface area contributed by atoms with E-state index >= 15 is 0 Å². The number of urea groups is 1. The Kier molecular flexibility index (Phi) is 12.8. The Morgan fingerprint density at radius 1 is 0.943 bits per heavy atom. The van der Waals surface area contributed by atoms with Crippen LogP contribution in [0.1, 0.15) is 59.9 Å². The number of hydrogen-bond acceptors (Lipinski definition) is 6. The standard InChI is InChI=1S/C25H41N5O5/c1-15(2)21(28-17(5)6)23(32)30-20(8-7-13-27-25(26)34)22(31)29-19-11-9-18(10-12-19)14-35-24(33)16(3)4/h9-12,15-17,20-21,28H,7-8,13-14H2,1-6H3,(H,29,31)(H,30,32)(H3,26,27,34)/t20-,21-/m0/s1. The Bertz CT molecular complexity index is 839. The summed E-state index contributed by atoms with van der Waals surface area (Å²) < 4.78 is 5.21. The average Bonchev–Trinajstić information content (AvgIpc) is 2.77. The van der Waals surface area contributed by atoms with Crippen LogP contribution in [0.2, 0.25) is 0 Å². The second-order valence-corrected chi connectivity index (χ2v) is 9.49. The molecule has 1 aromatic rings. The van der Waals surface area contributed by atoms with Crippen molar-refractivity contribution in [2.24, 2.45) is 17.6 Å². The molecule has 6 N–H and O–H groups in total.